The molecule has 4 atom stereocenters. The molecule has 4 aromatic rings. The number of benzene rings is 4. The molecule has 0 bridgehead atoms. The highest BCUT2D eigenvalue weighted by atomic mass is 19.4. The van der Waals surface area contributed by atoms with Crippen LogP contribution in [0, 0.1) is 6.92 Å². The maximum atomic E-state index is 15.9. The van der Waals surface area contributed by atoms with Crippen molar-refractivity contribution in [2.75, 3.05) is 0 Å². The Morgan fingerprint density at radius 2 is 1.15 bits per heavy atom. The van der Waals surface area contributed by atoms with Gasteiger partial charge < -0.3 is 9.47 Å². The van der Waals surface area contributed by atoms with Crippen LogP contribution in [0.4, 0.5) is 13.2 Å². The quantitative estimate of drug-likeness (QED) is 0.246. The molecule has 0 saturated carbocycles. The first-order chi connectivity index (χ1) is 19.2. The Hall–Kier alpha value is -4.39. The van der Waals surface area contributed by atoms with Gasteiger partial charge in [0.25, 0.3) is 0 Å². The molecule has 0 amide bonds. The summed E-state index contributed by atoms with van der Waals surface area (Å²) in [5.41, 5.74) is -1.96. The van der Waals surface area contributed by atoms with Gasteiger partial charge in [-0.3, -0.25) is 0 Å². The van der Waals surface area contributed by atoms with Crippen LogP contribution in [0.1, 0.15) is 55.8 Å². The topological polar surface area (TPSA) is 52.6 Å². The predicted octanol–water partition coefficient (Wildman–Crippen LogP) is 7.41. The number of ether oxygens (including phenoxy) is 2. The molecule has 0 heterocycles. The molecule has 204 valence electrons. The summed E-state index contributed by atoms with van der Waals surface area (Å²) >= 11 is 0. The summed E-state index contributed by atoms with van der Waals surface area (Å²) < 4.78 is 59.4. The van der Waals surface area contributed by atoms with Gasteiger partial charge in [0.1, 0.15) is 6.10 Å². The van der Waals surface area contributed by atoms with Gasteiger partial charge in [-0.1, -0.05) is 91.9 Å². The largest absolute Gasteiger partial charge is 0.454 e. The summed E-state index contributed by atoms with van der Waals surface area (Å²) in [4.78, 5) is 26.7. The van der Waals surface area contributed by atoms with Gasteiger partial charge in [0.05, 0.1) is 11.1 Å². The minimum Gasteiger partial charge on any atom is -0.454 e. The van der Waals surface area contributed by atoms with Crippen molar-refractivity contribution in [3.05, 3.63) is 143 Å². The Morgan fingerprint density at radius 1 is 0.675 bits per heavy atom. The number of carbonyl (C=O) groups excluding carboxylic acids is 2. The summed E-state index contributed by atoms with van der Waals surface area (Å²) in [5.74, 6) is -2.48. The van der Waals surface area contributed by atoms with E-state index in [0.717, 1.165) is 0 Å². The standard InChI is InChI=1S/C33H27F3O4/c1-21-13-9-11-19-26(21)32(33(34,35)36)27-20-12-10-18-25(27)22(2)28(39-30(37)23-14-5-3-6-15-23)29(32)40-31(38)24-16-7-4-8-17-24/h3-20,22,28-29H,1-2H3. The van der Waals surface area contributed by atoms with Gasteiger partial charge in [-0.25, -0.2) is 9.59 Å². The minimum absolute atomic E-state index is 0.0397. The lowest BCUT2D eigenvalue weighted by atomic mass is 9.59. The first kappa shape index (κ1) is 27.2. The molecule has 0 aliphatic heterocycles. The van der Waals surface area contributed by atoms with E-state index >= 15 is 13.2 Å². The van der Waals surface area contributed by atoms with E-state index < -0.39 is 41.7 Å². The van der Waals surface area contributed by atoms with Crippen molar-refractivity contribution in [3.63, 3.8) is 0 Å². The second-order valence-corrected chi connectivity index (χ2v) is 9.92. The zero-order chi connectivity index (χ0) is 28.5. The smallest absolute Gasteiger partial charge is 0.406 e. The van der Waals surface area contributed by atoms with E-state index in [1.54, 1.807) is 74.5 Å². The molecule has 1 aliphatic carbocycles. The van der Waals surface area contributed by atoms with Crippen molar-refractivity contribution >= 4 is 11.9 Å². The van der Waals surface area contributed by atoms with Gasteiger partial charge in [0.15, 0.2) is 11.5 Å². The molecule has 0 saturated heterocycles. The minimum atomic E-state index is -4.95. The van der Waals surface area contributed by atoms with E-state index in [-0.39, 0.29) is 22.3 Å². The molecule has 4 aromatic carbocycles. The average molecular weight is 545 g/mol. The number of halogens is 3. The summed E-state index contributed by atoms with van der Waals surface area (Å²) in [7, 11) is 0. The summed E-state index contributed by atoms with van der Waals surface area (Å²) in [6, 6.07) is 28.2. The van der Waals surface area contributed by atoms with E-state index in [0.29, 0.717) is 11.1 Å². The second-order valence-electron chi connectivity index (χ2n) is 9.92. The van der Waals surface area contributed by atoms with Gasteiger partial charge in [-0.15, -0.1) is 0 Å². The van der Waals surface area contributed by atoms with E-state index in [4.69, 9.17) is 9.47 Å². The van der Waals surface area contributed by atoms with Gasteiger partial charge in [0.2, 0.25) is 0 Å². The van der Waals surface area contributed by atoms with Crippen molar-refractivity contribution < 1.29 is 32.2 Å². The number of esters is 2. The fourth-order valence-corrected chi connectivity index (χ4v) is 5.72. The molecule has 7 heteroatoms. The van der Waals surface area contributed by atoms with Crippen LogP contribution in [0.5, 0.6) is 0 Å². The highest BCUT2D eigenvalue weighted by Crippen LogP contribution is 2.57. The Labute approximate surface area is 230 Å². The highest BCUT2D eigenvalue weighted by molar-refractivity contribution is 5.90. The van der Waals surface area contributed by atoms with Gasteiger partial charge in [-0.2, -0.15) is 13.2 Å². The third kappa shape index (κ3) is 4.55. The lowest BCUT2D eigenvalue weighted by Crippen LogP contribution is -2.63. The van der Waals surface area contributed by atoms with E-state index in [9.17, 15) is 9.59 Å². The molecule has 4 nitrogen and oxygen atoms in total. The van der Waals surface area contributed by atoms with Crippen LogP contribution < -0.4 is 0 Å². The molecule has 1 aliphatic rings. The molecule has 5 rings (SSSR count). The lowest BCUT2D eigenvalue weighted by Gasteiger charge is -2.51. The van der Waals surface area contributed by atoms with Crippen LogP contribution in [-0.2, 0) is 14.9 Å². The lowest BCUT2D eigenvalue weighted by molar-refractivity contribution is -0.222. The van der Waals surface area contributed by atoms with E-state index in [1.165, 1.54) is 48.5 Å². The molecule has 0 radical (unpaired) electrons. The van der Waals surface area contributed by atoms with E-state index in [1.807, 2.05) is 0 Å². The monoisotopic (exact) mass is 544 g/mol. The molecular formula is C33H27F3O4. The second kappa shape index (κ2) is 10.6. The van der Waals surface area contributed by atoms with Crippen LogP contribution >= 0.6 is 0 Å². The number of hydrogen-bond acceptors (Lipinski definition) is 4. The van der Waals surface area contributed by atoms with Crippen molar-refractivity contribution in [1.29, 1.82) is 0 Å². The van der Waals surface area contributed by atoms with Crippen LogP contribution in [0.3, 0.4) is 0 Å². The summed E-state index contributed by atoms with van der Waals surface area (Å²) in [5, 5.41) is 0. The first-order valence-corrected chi connectivity index (χ1v) is 12.9. The molecule has 0 N–H and O–H groups in total. The third-order valence-electron chi connectivity index (χ3n) is 7.61. The van der Waals surface area contributed by atoms with Crippen molar-refractivity contribution in [2.24, 2.45) is 0 Å². The van der Waals surface area contributed by atoms with E-state index in [2.05, 4.69) is 0 Å². The Bertz CT molecular complexity index is 1520. The number of rotatable bonds is 5. The number of carbonyl (C=O) groups is 2. The van der Waals surface area contributed by atoms with Gasteiger partial charge in [0, 0.05) is 5.92 Å². The van der Waals surface area contributed by atoms with Crippen LogP contribution in [0.2, 0.25) is 0 Å². The normalized spacial score (nSPS) is 22.2. The van der Waals surface area contributed by atoms with Crippen molar-refractivity contribution in [2.45, 2.75) is 43.6 Å². The number of hydrogen-bond donors (Lipinski definition) is 0. The summed E-state index contributed by atoms with van der Waals surface area (Å²) in [6.45, 7) is 3.27. The number of aryl methyl sites for hydroxylation is 1. The Balaban J connectivity index is 1.78. The van der Waals surface area contributed by atoms with Crippen LogP contribution in [0.25, 0.3) is 0 Å². The SMILES string of the molecule is Cc1ccccc1C1(C(F)(F)F)c2ccccc2C(C)C(OC(=O)c2ccccc2)C1OC(=O)c1ccccc1. The molecule has 0 fully saturated rings. The zero-order valence-corrected chi connectivity index (χ0v) is 21.9. The maximum absolute atomic E-state index is 15.9. The Morgan fingerprint density at radius 3 is 1.70 bits per heavy atom. The fourth-order valence-electron chi connectivity index (χ4n) is 5.72. The zero-order valence-electron chi connectivity index (χ0n) is 21.9. The fraction of sp³-hybridized carbons (Fsp3) is 0.212. The predicted molar refractivity (Wildman–Crippen MR) is 144 cm³/mol. The third-order valence-corrected chi connectivity index (χ3v) is 7.61. The Kier molecular flexibility index (Phi) is 7.23. The molecular weight excluding hydrogens is 517 g/mol. The van der Waals surface area contributed by atoms with Crippen molar-refractivity contribution in [1.82, 2.24) is 0 Å². The number of alkyl halides is 3. The number of fused-ring (bicyclic) bond motifs is 1. The molecule has 0 spiro atoms. The first-order valence-electron chi connectivity index (χ1n) is 12.9. The maximum Gasteiger partial charge on any atom is 0.406 e. The van der Waals surface area contributed by atoms with Gasteiger partial charge in [-0.05, 0) is 53.4 Å². The van der Waals surface area contributed by atoms with Gasteiger partial charge >= 0.3 is 18.1 Å². The average Bonchev–Trinajstić information content (AvgIpc) is 2.96. The molecule has 0 aromatic heterocycles. The van der Waals surface area contributed by atoms with Crippen LogP contribution in [0.15, 0.2) is 109 Å². The molecule has 40 heavy (non-hydrogen) atoms. The van der Waals surface area contributed by atoms with Crippen LogP contribution in [-0.4, -0.2) is 30.3 Å². The summed E-state index contributed by atoms with van der Waals surface area (Å²) in [6.07, 6.45) is -8.34. The molecule has 4 unspecified atom stereocenters. The highest BCUT2D eigenvalue weighted by Gasteiger charge is 2.69. The van der Waals surface area contributed by atoms with Crippen molar-refractivity contribution in [3.8, 4) is 0 Å².